The number of piperidine rings is 1. The predicted molar refractivity (Wildman–Crippen MR) is 120 cm³/mol. The van der Waals surface area contributed by atoms with Crippen LogP contribution in [0.15, 0.2) is 43.0 Å². The Balaban J connectivity index is 1.42. The largest absolute Gasteiger partial charge is 0.479 e. The minimum absolute atomic E-state index is 0.0658. The summed E-state index contributed by atoms with van der Waals surface area (Å²) in [5.41, 5.74) is 2.01. The number of anilines is 2. The second-order valence-electron chi connectivity index (χ2n) is 7.76. The molecule has 0 bridgehead atoms. The highest BCUT2D eigenvalue weighted by atomic mass is 19.1. The third-order valence-corrected chi connectivity index (χ3v) is 5.62. The van der Waals surface area contributed by atoms with Crippen molar-refractivity contribution in [3.8, 4) is 17.3 Å². The van der Waals surface area contributed by atoms with Gasteiger partial charge in [-0.05, 0) is 25.0 Å². The van der Waals surface area contributed by atoms with Crippen LogP contribution in [0.4, 0.5) is 16.0 Å². The standard InChI is InChI=1S/C22H23FN8O2/c1-33-22-19(23)21(28-20(29-22)16-10-26-31-8-3-2-6-17(16)31)27-14-5-4-7-30(12-14)18-11-24-15(13-32)9-25-18/h2-3,6,8-11,14,32H,4-5,7,12-13H2,1H3,(H,27,28,29)/t14-/m1/s1. The van der Waals surface area contributed by atoms with Gasteiger partial charge in [0.2, 0.25) is 5.82 Å². The highest BCUT2D eigenvalue weighted by Crippen LogP contribution is 2.29. The average molecular weight is 450 g/mol. The van der Waals surface area contributed by atoms with E-state index in [0.717, 1.165) is 24.9 Å². The van der Waals surface area contributed by atoms with E-state index in [0.29, 0.717) is 29.4 Å². The van der Waals surface area contributed by atoms with Gasteiger partial charge >= 0.3 is 0 Å². The number of nitrogens with one attached hydrogen (secondary N) is 1. The molecule has 0 unspecified atom stereocenters. The minimum atomic E-state index is -0.637. The molecule has 5 rings (SSSR count). The van der Waals surface area contributed by atoms with Crippen molar-refractivity contribution >= 4 is 17.2 Å². The second-order valence-corrected chi connectivity index (χ2v) is 7.76. The SMILES string of the molecule is COc1nc(-c2cnn3ccccc23)nc(N[C@@H]2CCCN(c3cnc(CO)cn3)C2)c1F. The van der Waals surface area contributed by atoms with Crippen molar-refractivity contribution in [1.82, 2.24) is 29.5 Å². The zero-order valence-corrected chi connectivity index (χ0v) is 18.0. The summed E-state index contributed by atoms with van der Waals surface area (Å²) in [4.78, 5) is 19.4. The Kier molecular flexibility index (Phi) is 5.69. The van der Waals surface area contributed by atoms with Crippen LogP contribution in [-0.4, -0.2) is 60.9 Å². The number of hydrogen-bond acceptors (Lipinski definition) is 9. The number of pyridine rings is 1. The number of aliphatic hydroxyl groups is 1. The van der Waals surface area contributed by atoms with Gasteiger partial charge in [0.1, 0.15) is 5.82 Å². The maximum Gasteiger partial charge on any atom is 0.256 e. The lowest BCUT2D eigenvalue weighted by atomic mass is 10.1. The molecule has 11 heteroatoms. The number of ether oxygens (including phenoxy) is 1. The van der Waals surface area contributed by atoms with Crippen molar-refractivity contribution in [2.75, 3.05) is 30.4 Å². The molecule has 1 atom stereocenters. The van der Waals surface area contributed by atoms with Gasteiger partial charge in [0.05, 0.1) is 49.1 Å². The maximum atomic E-state index is 15.1. The summed E-state index contributed by atoms with van der Waals surface area (Å²) < 4.78 is 22.0. The van der Waals surface area contributed by atoms with E-state index in [9.17, 15) is 5.11 Å². The Bertz CT molecular complexity index is 1260. The summed E-state index contributed by atoms with van der Waals surface area (Å²) in [7, 11) is 1.38. The van der Waals surface area contributed by atoms with Crippen molar-refractivity contribution in [3.63, 3.8) is 0 Å². The molecule has 0 amide bonds. The summed E-state index contributed by atoms with van der Waals surface area (Å²) in [6.45, 7) is 1.26. The predicted octanol–water partition coefficient (Wildman–Crippen LogP) is 2.30. The summed E-state index contributed by atoms with van der Waals surface area (Å²) in [5, 5.41) is 16.7. The van der Waals surface area contributed by atoms with Crippen LogP contribution in [0.1, 0.15) is 18.5 Å². The average Bonchev–Trinajstić information content (AvgIpc) is 3.30. The Hall–Kier alpha value is -3.86. The van der Waals surface area contributed by atoms with Gasteiger partial charge in [-0.25, -0.2) is 14.5 Å². The van der Waals surface area contributed by atoms with Crippen LogP contribution >= 0.6 is 0 Å². The summed E-state index contributed by atoms with van der Waals surface area (Å²) in [6.07, 6.45) is 8.42. The molecule has 0 aliphatic carbocycles. The Labute approximate surface area is 189 Å². The number of rotatable bonds is 6. The topological polar surface area (TPSA) is 114 Å². The number of methoxy groups -OCH3 is 1. The molecule has 4 aromatic heterocycles. The van der Waals surface area contributed by atoms with E-state index in [2.05, 4.69) is 35.3 Å². The highest BCUT2D eigenvalue weighted by molar-refractivity contribution is 5.76. The van der Waals surface area contributed by atoms with Crippen LogP contribution in [0.25, 0.3) is 16.9 Å². The van der Waals surface area contributed by atoms with E-state index >= 15 is 4.39 Å². The monoisotopic (exact) mass is 450 g/mol. The molecule has 1 saturated heterocycles. The molecule has 0 aromatic carbocycles. The van der Waals surface area contributed by atoms with Crippen molar-refractivity contribution in [1.29, 1.82) is 0 Å². The van der Waals surface area contributed by atoms with Gasteiger partial charge < -0.3 is 20.1 Å². The smallest absolute Gasteiger partial charge is 0.256 e. The molecule has 0 radical (unpaired) electrons. The van der Waals surface area contributed by atoms with E-state index in [1.165, 1.54) is 7.11 Å². The second kappa shape index (κ2) is 8.94. The van der Waals surface area contributed by atoms with E-state index in [1.807, 2.05) is 24.4 Å². The third-order valence-electron chi connectivity index (χ3n) is 5.62. The van der Waals surface area contributed by atoms with Gasteiger partial charge in [-0.2, -0.15) is 14.5 Å². The maximum absolute atomic E-state index is 15.1. The van der Waals surface area contributed by atoms with Gasteiger partial charge in [-0.1, -0.05) is 6.07 Å². The zero-order chi connectivity index (χ0) is 22.8. The quantitative estimate of drug-likeness (QED) is 0.457. The van der Waals surface area contributed by atoms with Crippen LogP contribution in [0.2, 0.25) is 0 Å². The van der Waals surface area contributed by atoms with E-state index in [1.54, 1.807) is 23.1 Å². The first-order chi connectivity index (χ1) is 16.2. The number of halogens is 1. The van der Waals surface area contributed by atoms with Crippen LogP contribution in [0.5, 0.6) is 5.88 Å². The summed E-state index contributed by atoms with van der Waals surface area (Å²) in [5.74, 6) is 0.361. The lowest BCUT2D eigenvalue weighted by Crippen LogP contribution is -2.43. The lowest BCUT2D eigenvalue weighted by Gasteiger charge is -2.34. The molecule has 1 aliphatic rings. The molecule has 0 spiro atoms. The van der Waals surface area contributed by atoms with Crippen LogP contribution in [0, 0.1) is 5.82 Å². The number of fused-ring (bicyclic) bond motifs is 1. The first kappa shape index (κ1) is 21.0. The van der Waals surface area contributed by atoms with Gasteiger partial charge in [-0.15, -0.1) is 0 Å². The fourth-order valence-electron chi connectivity index (χ4n) is 3.97. The van der Waals surface area contributed by atoms with E-state index in [4.69, 9.17) is 4.74 Å². The van der Waals surface area contributed by atoms with E-state index < -0.39 is 5.82 Å². The molecule has 170 valence electrons. The van der Waals surface area contributed by atoms with Crippen LogP contribution < -0.4 is 15.0 Å². The molecule has 2 N–H and O–H groups in total. The van der Waals surface area contributed by atoms with Crippen molar-refractivity contribution in [3.05, 3.63) is 54.5 Å². The number of aromatic nitrogens is 6. The number of aliphatic hydroxyl groups excluding tert-OH is 1. The molecular formula is C22H23FN8O2. The van der Waals surface area contributed by atoms with Gasteiger partial charge in [0.25, 0.3) is 5.88 Å². The van der Waals surface area contributed by atoms with Gasteiger partial charge in [0.15, 0.2) is 11.6 Å². The van der Waals surface area contributed by atoms with Crippen LogP contribution in [-0.2, 0) is 6.61 Å². The Morgan fingerprint density at radius 1 is 1.21 bits per heavy atom. The van der Waals surface area contributed by atoms with Crippen molar-refractivity contribution in [2.45, 2.75) is 25.5 Å². The summed E-state index contributed by atoms with van der Waals surface area (Å²) >= 11 is 0. The van der Waals surface area contributed by atoms with Crippen molar-refractivity contribution < 1.29 is 14.2 Å². The first-order valence-electron chi connectivity index (χ1n) is 10.6. The number of hydrogen-bond donors (Lipinski definition) is 2. The molecule has 1 fully saturated rings. The molecular weight excluding hydrogens is 427 g/mol. The zero-order valence-electron chi connectivity index (χ0n) is 18.0. The fraction of sp³-hybridized carbons (Fsp3) is 0.318. The Morgan fingerprint density at radius 3 is 2.91 bits per heavy atom. The highest BCUT2D eigenvalue weighted by Gasteiger charge is 2.25. The first-order valence-corrected chi connectivity index (χ1v) is 10.6. The number of nitrogens with zero attached hydrogens (tertiary/aromatic N) is 7. The lowest BCUT2D eigenvalue weighted by molar-refractivity contribution is 0.276. The normalized spacial score (nSPS) is 16.2. The summed E-state index contributed by atoms with van der Waals surface area (Å²) in [6, 6.07) is 5.60. The van der Waals surface area contributed by atoms with E-state index in [-0.39, 0.29) is 24.3 Å². The van der Waals surface area contributed by atoms with Gasteiger partial charge in [0, 0.05) is 25.3 Å². The third kappa shape index (κ3) is 4.14. The minimum Gasteiger partial charge on any atom is -0.479 e. The van der Waals surface area contributed by atoms with Gasteiger partial charge in [-0.3, -0.25) is 4.98 Å². The molecule has 10 nitrogen and oxygen atoms in total. The molecule has 4 aromatic rings. The molecule has 33 heavy (non-hydrogen) atoms. The molecule has 1 aliphatic heterocycles. The van der Waals surface area contributed by atoms with Crippen LogP contribution in [0.3, 0.4) is 0 Å². The molecule has 5 heterocycles. The Morgan fingerprint density at radius 2 is 2.12 bits per heavy atom. The molecule has 0 saturated carbocycles. The fourth-order valence-corrected chi connectivity index (χ4v) is 3.97. The van der Waals surface area contributed by atoms with Crippen molar-refractivity contribution in [2.24, 2.45) is 0 Å².